The monoisotopic (exact) mass is 240 g/mol. The third-order valence-electron chi connectivity index (χ3n) is 3.61. The molecule has 1 atom stereocenters. The molecular formula is C16H16S. The summed E-state index contributed by atoms with van der Waals surface area (Å²) >= 11 is 1.90. The Kier molecular flexibility index (Phi) is 2.86. The van der Waals surface area contributed by atoms with Crippen molar-refractivity contribution in [2.24, 2.45) is 0 Å². The summed E-state index contributed by atoms with van der Waals surface area (Å²) < 4.78 is 0. The minimum atomic E-state index is 0.521. The Labute approximate surface area is 107 Å². The van der Waals surface area contributed by atoms with Crippen LogP contribution >= 0.6 is 11.3 Å². The zero-order chi connectivity index (χ0) is 11.7. The molecule has 1 heteroatoms. The van der Waals surface area contributed by atoms with Crippen LogP contribution in [0.1, 0.15) is 33.9 Å². The van der Waals surface area contributed by atoms with Gasteiger partial charge in [-0.2, -0.15) is 0 Å². The van der Waals surface area contributed by atoms with Crippen molar-refractivity contribution in [2.75, 3.05) is 0 Å². The summed E-state index contributed by atoms with van der Waals surface area (Å²) in [7, 11) is 0. The Hall–Kier alpha value is -1.34. The first-order valence-electron chi connectivity index (χ1n) is 6.15. The fourth-order valence-electron chi connectivity index (χ4n) is 2.80. The van der Waals surface area contributed by atoms with Crippen molar-refractivity contribution in [1.82, 2.24) is 0 Å². The summed E-state index contributed by atoms with van der Waals surface area (Å²) in [6.45, 7) is 3.92. The van der Waals surface area contributed by atoms with E-state index in [1.807, 2.05) is 17.4 Å². The van der Waals surface area contributed by atoms with Gasteiger partial charge in [-0.15, -0.1) is 17.9 Å². The van der Waals surface area contributed by atoms with Crippen LogP contribution in [0.5, 0.6) is 0 Å². The summed E-state index contributed by atoms with van der Waals surface area (Å²) in [5.74, 6) is 0.521. The van der Waals surface area contributed by atoms with E-state index in [0.717, 1.165) is 6.42 Å². The molecule has 3 rings (SSSR count). The maximum absolute atomic E-state index is 3.92. The number of hydrogen-bond donors (Lipinski definition) is 0. The lowest BCUT2D eigenvalue weighted by Gasteiger charge is -2.16. The molecule has 0 radical (unpaired) electrons. The van der Waals surface area contributed by atoms with Crippen molar-refractivity contribution < 1.29 is 0 Å². The summed E-state index contributed by atoms with van der Waals surface area (Å²) in [6.07, 6.45) is 5.46. The molecule has 1 aromatic carbocycles. The smallest absolute Gasteiger partial charge is 0.0137 e. The molecule has 0 spiro atoms. The number of fused-ring (bicyclic) bond motifs is 2. The van der Waals surface area contributed by atoms with Crippen molar-refractivity contribution in [3.8, 4) is 0 Å². The highest BCUT2D eigenvalue weighted by atomic mass is 32.1. The lowest BCUT2D eigenvalue weighted by Crippen LogP contribution is -2.01. The van der Waals surface area contributed by atoms with E-state index >= 15 is 0 Å². The van der Waals surface area contributed by atoms with Crippen molar-refractivity contribution in [3.63, 3.8) is 0 Å². The fourth-order valence-corrected chi connectivity index (χ4v) is 3.75. The zero-order valence-electron chi connectivity index (χ0n) is 9.86. The highest BCUT2D eigenvalue weighted by Gasteiger charge is 2.22. The Morgan fingerprint density at radius 2 is 2.06 bits per heavy atom. The van der Waals surface area contributed by atoms with Crippen LogP contribution in [0.15, 0.2) is 48.4 Å². The van der Waals surface area contributed by atoms with E-state index in [9.17, 15) is 0 Å². The minimum absolute atomic E-state index is 0.521. The van der Waals surface area contributed by atoms with Gasteiger partial charge in [0.05, 0.1) is 0 Å². The second-order valence-corrected chi connectivity index (χ2v) is 5.58. The van der Waals surface area contributed by atoms with Crippen LogP contribution in [0.4, 0.5) is 0 Å². The van der Waals surface area contributed by atoms with Gasteiger partial charge >= 0.3 is 0 Å². The largest absolute Gasteiger partial charge is 0.149 e. The van der Waals surface area contributed by atoms with E-state index in [2.05, 4.69) is 42.3 Å². The Bertz CT molecular complexity index is 536. The fraction of sp³-hybridized carbons (Fsp3) is 0.250. The predicted octanol–water partition coefficient (Wildman–Crippen LogP) is 4.55. The SMILES string of the molecule is C=CCC1c2ccccc2CCc2sccc21. The lowest BCUT2D eigenvalue weighted by atomic mass is 9.88. The van der Waals surface area contributed by atoms with Crippen LogP contribution in [0, 0.1) is 0 Å². The summed E-state index contributed by atoms with van der Waals surface area (Å²) in [4.78, 5) is 1.56. The van der Waals surface area contributed by atoms with E-state index in [-0.39, 0.29) is 0 Å². The molecule has 1 aliphatic rings. The molecule has 1 aliphatic carbocycles. The number of aryl methyl sites for hydroxylation is 2. The normalized spacial score (nSPS) is 18.0. The Morgan fingerprint density at radius 1 is 1.18 bits per heavy atom. The summed E-state index contributed by atoms with van der Waals surface area (Å²) in [5, 5.41) is 2.23. The summed E-state index contributed by atoms with van der Waals surface area (Å²) in [5.41, 5.74) is 4.55. The molecule has 0 nitrogen and oxygen atoms in total. The molecule has 0 saturated carbocycles. The average molecular weight is 240 g/mol. The van der Waals surface area contributed by atoms with E-state index in [0.29, 0.717) is 5.92 Å². The molecule has 86 valence electrons. The molecule has 0 fully saturated rings. The van der Waals surface area contributed by atoms with Crippen LogP contribution in [-0.2, 0) is 12.8 Å². The Balaban J connectivity index is 2.15. The zero-order valence-corrected chi connectivity index (χ0v) is 10.7. The second kappa shape index (κ2) is 4.50. The third kappa shape index (κ3) is 1.85. The number of hydrogen-bond acceptors (Lipinski definition) is 1. The topological polar surface area (TPSA) is 0 Å². The number of rotatable bonds is 2. The van der Waals surface area contributed by atoms with Crippen LogP contribution in [0.2, 0.25) is 0 Å². The predicted molar refractivity (Wildman–Crippen MR) is 74.8 cm³/mol. The van der Waals surface area contributed by atoms with Gasteiger partial charge in [0.2, 0.25) is 0 Å². The van der Waals surface area contributed by atoms with Gasteiger partial charge in [-0.1, -0.05) is 30.3 Å². The van der Waals surface area contributed by atoms with Crippen LogP contribution in [0.25, 0.3) is 0 Å². The molecule has 1 heterocycles. The van der Waals surface area contributed by atoms with Gasteiger partial charge < -0.3 is 0 Å². The molecule has 0 N–H and O–H groups in total. The van der Waals surface area contributed by atoms with Gasteiger partial charge in [0.15, 0.2) is 0 Å². The number of thiophene rings is 1. The maximum atomic E-state index is 3.92. The molecule has 0 saturated heterocycles. The summed E-state index contributed by atoms with van der Waals surface area (Å²) in [6, 6.07) is 11.2. The maximum Gasteiger partial charge on any atom is 0.0137 e. The van der Waals surface area contributed by atoms with Gasteiger partial charge in [-0.3, -0.25) is 0 Å². The first kappa shape index (κ1) is 10.8. The van der Waals surface area contributed by atoms with Gasteiger partial charge in [-0.05, 0) is 47.4 Å². The molecule has 1 unspecified atom stereocenters. The third-order valence-corrected chi connectivity index (χ3v) is 4.61. The van der Waals surface area contributed by atoms with Crippen LogP contribution < -0.4 is 0 Å². The van der Waals surface area contributed by atoms with Gasteiger partial charge in [0.25, 0.3) is 0 Å². The van der Waals surface area contributed by atoms with Crippen molar-refractivity contribution in [2.45, 2.75) is 25.2 Å². The van der Waals surface area contributed by atoms with Gasteiger partial charge in [0, 0.05) is 10.8 Å². The average Bonchev–Trinajstić information content (AvgIpc) is 2.77. The van der Waals surface area contributed by atoms with Crippen LogP contribution in [0.3, 0.4) is 0 Å². The Morgan fingerprint density at radius 3 is 2.94 bits per heavy atom. The van der Waals surface area contributed by atoms with E-state index in [1.165, 1.54) is 29.5 Å². The highest BCUT2D eigenvalue weighted by molar-refractivity contribution is 7.10. The van der Waals surface area contributed by atoms with E-state index < -0.39 is 0 Å². The number of allylic oxidation sites excluding steroid dienone is 1. The molecule has 1 aromatic heterocycles. The standard InChI is InChI=1S/C16H16S/c1-2-5-14-13-7-4-3-6-12(13)8-9-16-15(14)10-11-17-16/h2-4,6-7,10-11,14H,1,5,8-9H2. The van der Waals surface area contributed by atoms with E-state index in [1.54, 1.807) is 4.88 Å². The van der Waals surface area contributed by atoms with E-state index in [4.69, 9.17) is 0 Å². The first-order valence-corrected chi connectivity index (χ1v) is 7.03. The number of benzene rings is 1. The van der Waals surface area contributed by atoms with Crippen molar-refractivity contribution >= 4 is 11.3 Å². The minimum Gasteiger partial charge on any atom is -0.149 e. The van der Waals surface area contributed by atoms with Gasteiger partial charge in [0.1, 0.15) is 0 Å². The molecule has 0 amide bonds. The van der Waals surface area contributed by atoms with Crippen LogP contribution in [-0.4, -0.2) is 0 Å². The molecule has 2 aromatic rings. The molecule has 17 heavy (non-hydrogen) atoms. The highest BCUT2D eigenvalue weighted by Crippen LogP contribution is 2.38. The van der Waals surface area contributed by atoms with Gasteiger partial charge in [-0.25, -0.2) is 0 Å². The molecule has 0 bridgehead atoms. The molecule has 0 aliphatic heterocycles. The van der Waals surface area contributed by atoms with Crippen molar-refractivity contribution in [3.05, 3.63) is 69.9 Å². The second-order valence-electron chi connectivity index (χ2n) is 4.57. The first-order chi connectivity index (χ1) is 8.40. The lowest BCUT2D eigenvalue weighted by molar-refractivity contribution is 0.829. The quantitative estimate of drug-likeness (QED) is 0.675. The van der Waals surface area contributed by atoms with Crippen molar-refractivity contribution in [1.29, 1.82) is 0 Å². The molecular weight excluding hydrogens is 224 g/mol.